The number of benzene rings is 1. The monoisotopic (exact) mass is 448 g/mol. The van der Waals surface area contributed by atoms with Crippen LogP contribution in [0.4, 0.5) is 0 Å². The molecule has 0 spiro atoms. The van der Waals surface area contributed by atoms with Crippen molar-refractivity contribution in [1.29, 1.82) is 0 Å². The number of rotatable bonds is 14. The Morgan fingerprint density at radius 1 is 0.727 bits per heavy atom. The van der Waals surface area contributed by atoms with Crippen LogP contribution in [0.5, 0.6) is 0 Å². The molecule has 0 aliphatic heterocycles. The second kappa shape index (κ2) is 14.5. The summed E-state index contributed by atoms with van der Waals surface area (Å²) in [5.41, 5.74) is 5.27. The number of aromatic nitrogens is 2. The Hall–Kier alpha value is -1.70. The highest BCUT2D eigenvalue weighted by Crippen LogP contribution is 2.34. The summed E-state index contributed by atoms with van der Waals surface area (Å²) in [5, 5.41) is 0. The Morgan fingerprint density at radius 3 is 2.00 bits per heavy atom. The summed E-state index contributed by atoms with van der Waals surface area (Å²) < 4.78 is 0. The van der Waals surface area contributed by atoms with Gasteiger partial charge in [0.15, 0.2) is 5.82 Å². The molecule has 1 aromatic heterocycles. The standard InChI is InChI=1S/C31H48N2/c1-4-6-7-8-9-10-11-13-26-14-16-27(17-15-26)18-19-29-20-21-30(22-25(29)3)31-32-23-28(12-5-2)24-33-31/h20-24,26-27H,4-19H2,1-3H3. The fraction of sp³-hybridized carbons (Fsp3) is 0.677. The maximum atomic E-state index is 4.60. The Labute approximate surface area is 204 Å². The van der Waals surface area contributed by atoms with Crippen molar-refractivity contribution < 1.29 is 0 Å². The number of hydrogen-bond donors (Lipinski definition) is 0. The van der Waals surface area contributed by atoms with Crippen LogP contribution in [0.3, 0.4) is 0 Å². The number of nitrogens with zero attached hydrogens (tertiary/aromatic N) is 2. The van der Waals surface area contributed by atoms with Crippen molar-refractivity contribution >= 4 is 0 Å². The molecule has 2 heteroatoms. The molecule has 2 nitrogen and oxygen atoms in total. The first-order valence-electron chi connectivity index (χ1n) is 14.1. The van der Waals surface area contributed by atoms with E-state index in [9.17, 15) is 0 Å². The van der Waals surface area contributed by atoms with E-state index in [0.29, 0.717) is 0 Å². The lowest BCUT2D eigenvalue weighted by atomic mass is 9.77. The summed E-state index contributed by atoms with van der Waals surface area (Å²) in [6.45, 7) is 6.75. The molecule has 0 amide bonds. The van der Waals surface area contributed by atoms with Gasteiger partial charge < -0.3 is 0 Å². The van der Waals surface area contributed by atoms with Crippen LogP contribution in [-0.2, 0) is 12.8 Å². The van der Waals surface area contributed by atoms with Crippen LogP contribution >= 0.6 is 0 Å². The Kier molecular flexibility index (Phi) is 11.4. The zero-order valence-electron chi connectivity index (χ0n) is 21.7. The molecule has 1 saturated carbocycles. The van der Waals surface area contributed by atoms with Crippen molar-refractivity contribution in [3.63, 3.8) is 0 Å². The second-order valence-corrected chi connectivity index (χ2v) is 10.6. The van der Waals surface area contributed by atoms with Crippen molar-refractivity contribution in [1.82, 2.24) is 9.97 Å². The molecule has 3 rings (SSSR count). The molecule has 2 aromatic rings. The maximum Gasteiger partial charge on any atom is 0.159 e. The lowest BCUT2D eigenvalue weighted by molar-refractivity contribution is 0.248. The van der Waals surface area contributed by atoms with Crippen LogP contribution in [0.15, 0.2) is 30.6 Å². The van der Waals surface area contributed by atoms with Crippen LogP contribution < -0.4 is 0 Å². The Balaban J connectivity index is 1.36. The summed E-state index contributed by atoms with van der Waals surface area (Å²) in [6.07, 6.45) is 26.2. The lowest BCUT2D eigenvalue weighted by Gasteiger charge is -2.28. The third-order valence-electron chi connectivity index (χ3n) is 7.85. The van der Waals surface area contributed by atoms with Crippen molar-refractivity contribution in [2.45, 2.75) is 124 Å². The first-order valence-corrected chi connectivity index (χ1v) is 14.1. The third kappa shape index (κ3) is 8.87. The molecule has 1 heterocycles. The minimum Gasteiger partial charge on any atom is -0.236 e. The van der Waals surface area contributed by atoms with Gasteiger partial charge in [0.1, 0.15) is 0 Å². The molecule has 1 aliphatic rings. The number of aryl methyl sites for hydroxylation is 3. The number of hydrogen-bond acceptors (Lipinski definition) is 2. The van der Waals surface area contributed by atoms with Gasteiger partial charge in [-0.05, 0) is 60.8 Å². The van der Waals surface area contributed by atoms with Crippen LogP contribution in [0.25, 0.3) is 11.4 Å². The van der Waals surface area contributed by atoms with E-state index >= 15 is 0 Å². The van der Waals surface area contributed by atoms with Gasteiger partial charge in [-0.25, -0.2) is 9.97 Å². The van der Waals surface area contributed by atoms with Crippen LogP contribution in [0, 0.1) is 18.8 Å². The molecule has 1 fully saturated rings. The SMILES string of the molecule is CCCCCCCCCC1CCC(CCc2ccc(-c3ncc(CCC)cn3)cc2C)CC1. The first kappa shape index (κ1) is 25.9. The van der Waals surface area contributed by atoms with Gasteiger partial charge in [0.25, 0.3) is 0 Å². The molecule has 0 atom stereocenters. The van der Waals surface area contributed by atoms with Crippen molar-refractivity contribution in [3.8, 4) is 11.4 Å². The van der Waals surface area contributed by atoms with Gasteiger partial charge in [-0.1, -0.05) is 109 Å². The van der Waals surface area contributed by atoms with Gasteiger partial charge in [0.2, 0.25) is 0 Å². The zero-order valence-corrected chi connectivity index (χ0v) is 21.7. The highest BCUT2D eigenvalue weighted by molar-refractivity contribution is 5.57. The quantitative estimate of drug-likeness (QED) is 0.269. The highest BCUT2D eigenvalue weighted by Gasteiger charge is 2.21. The molecule has 0 bridgehead atoms. The summed E-state index contributed by atoms with van der Waals surface area (Å²) in [5.74, 6) is 2.80. The summed E-state index contributed by atoms with van der Waals surface area (Å²) in [7, 11) is 0. The predicted molar refractivity (Wildman–Crippen MR) is 143 cm³/mol. The van der Waals surface area contributed by atoms with E-state index in [0.717, 1.165) is 36.1 Å². The van der Waals surface area contributed by atoms with Crippen molar-refractivity contribution in [2.75, 3.05) is 0 Å². The van der Waals surface area contributed by atoms with Gasteiger partial charge in [-0.15, -0.1) is 0 Å². The van der Waals surface area contributed by atoms with E-state index in [2.05, 4.69) is 48.9 Å². The van der Waals surface area contributed by atoms with E-state index in [4.69, 9.17) is 0 Å². The fourth-order valence-corrected chi connectivity index (χ4v) is 5.60. The van der Waals surface area contributed by atoms with E-state index < -0.39 is 0 Å². The molecule has 1 aromatic carbocycles. The van der Waals surface area contributed by atoms with Gasteiger partial charge in [-0.3, -0.25) is 0 Å². The summed E-state index contributed by atoms with van der Waals surface area (Å²) >= 11 is 0. The minimum atomic E-state index is 0.851. The van der Waals surface area contributed by atoms with Gasteiger partial charge >= 0.3 is 0 Å². The average molecular weight is 449 g/mol. The van der Waals surface area contributed by atoms with Crippen LogP contribution in [-0.4, -0.2) is 9.97 Å². The average Bonchev–Trinajstić information content (AvgIpc) is 2.84. The van der Waals surface area contributed by atoms with Crippen LogP contribution in [0.2, 0.25) is 0 Å². The fourth-order valence-electron chi connectivity index (χ4n) is 5.60. The molecule has 1 aliphatic carbocycles. The lowest BCUT2D eigenvalue weighted by Crippen LogP contribution is -2.15. The molecule has 0 unspecified atom stereocenters. The van der Waals surface area contributed by atoms with Crippen LogP contribution in [0.1, 0.15) is 120 Å². The minimum absolute atomic E-state index is 0.851. The molecule has 33 heavy (non-hydrogen) atoms. The summed E-state index contributed by atoms with van der Waals surface area (Å²) in [4.78, 5) is 9.19. The van der Waals surface area contributed by atoms with Gasteiger partial charge in [0, 0.05) is 18.0 Å². The van der Waals surface area contributed by atoms with E-state index in [1.54, 1.807) is 0 Å². The molecule has 0 saturated heterocycles. The highest BCUT2D eigenvalue weighted by atomic mass is 14.9. The Bertz CT molecular complexity index is 787. The molecule has 0 radical (unpaired) electrons. The topological polar surface area (TPSA) is 25.8 Å². The largest absolute Gasteiger partial charge is 0.236 e. The molecule has 182 valence electrons. The number of unbranched alkanes of at least 4 members (excludes halogenated alkanes) is 6. The normalized spacial score (nSPS) is 18.5. The molecular formula is C31H48N2. The van der Waals surface area contributed by atoms with Gasteiger partial charge in [-0.2, -0.15) is 0 Å². The zero-order chi connectivity index (χ0) is 23.3. The Morgan fingerprint density at radius 2 is 1.36 bits per heavy atom. The predicted octanol–water partition coefficient (Wildman–Crippen LogP) is 9.28. The second-order valence-electron chi connectivity index (χ2n) is 10.6. The van der Waals surface area contributed by atoms with Crippen molar-refractivity contribution in [3.05, 3.63) is 47.3 Å². The maximum absolute atomic E-state index is 4.60. The first-order chi connectivity index (χ1) is 16.2. The molecule has 0 N–H and O–H groups in total. The van der Waals surface area contributed by atoms with E-state index in [-0.39, 0.29) is 0 Å². The van der Waals surface area contributed by atoms with Crippen molar-refractivity contribution in [2.24, 2.45) is 11.8 Å². The van der Waals surface area contributed by atoms with Gasteiger partial charge in [0.05, 0.1) is 0 Å². The van der Waals surface area contributed by atoms with E-state index in [1.165, 1.54) is 107 Å². The summed E-state index contributed by atoms with van der Waals surface area (Å²) in [6, 6.07) is 6.82. The smallest absolute Gasteiger partial charge is 0.159 e. The third-order valence-corrected chi connectivity index (χ3v) is 7.85. The molecular weight excluding hydrogens is 400 g/mol. The van der Waals surface area contributed by atoms with E-state index in [1.807, 2.05) is 12.4 Å².